The Bertz CT molecular complexity index is 482. The van der Waals surface area contributed by atoms with Crippen molar-refractivity contribution in [2.75, 3.05) is 11.9 Å². The number of benzene rings is 1. The van der Waals surface area contributed by atoms with Crippen LogP contribution in [-0.2, 0) is 4.79 Å². The summed E-state index contributed by atoms with van der Waals surface area (Å²) in [4.78, 5) is 14.0. The van der Waals surface area contributed by atoms with Gasteiger partial charge in [-0.3, -0.25) is 0 Å². The molecule has 0 unspecified atom stereocenters. The number of aliphatic carboxylic acids is 1. The monoisotopic (exact) mass is 254 g/mol. The van der Waals surface area contributed by atoms with E-state index in [1.165, 1.54) is 6.07 Å². The Morgan fingerprint density at radius 3 is 2.76 bits per heavy atom. The zero-order valence-electron chi connectivity index (χ0n) is 9.07. The van der Waals surface area contributed by atoms with Crippen molar-refractivity contribution in [3.05, 3.63) is 34.1 Å². The highest BCUT2D eigenvalue weighted by atomic mass is 35.5. The molecule has 0 aliphatic carbocycles. The topological polar surface area (TPSA) is 73.9 Å². The lowest BCUT2D eigenvalue weighted by Crippen LogP contribution is -2.33. The van der Waals surface area contributed by atoms with Crippen LogP contribution in [0.4, 0.5) is 11.4 Å². The van der Waals surface area contributed by atoms with E-state index in [9.17, 15) is 4.79 Å². The van der Waals surface area contributed by atoms with Crippen molar-refractivity contribution in [2.24, 2.45) is 0 Å². The molecule has 0 heterocycles. The Morgan fingerprint density at radius 1 is 1.65 bits per heavy atom. The van der Waals surface area contributed by atoms with Gasteiger partial charge in [-0.15, -0.1) is 0 Å². The van der Waals surface area contributed by atoms with Crippen molar-refractivity contribution < 1.29 is 15.0 Å². The molecule has 1 rings (SSSR count). The molecule has 0 amide bonds. The fourth-order valence-electron chi connectivity index (χ4n) is 1.29. The number of rotatable bonds is 4. The van der Waals surface area contributed by atoms with Gasteiger partial charge in [-0.2, -0.15) is 0 Å². The summed E-state index contributed by atoms with van der Waals surface area (Å²) >= 11 is 5.94. The average Bonchev–Trinajstić information content (AvgIpc) is 2.30. The third-order valence-electron chi connectivity index (χ3n) is 2.30. The van der Waals surface area contributed by atoms with E-state index in [1.807, 2.05) is 0 Å². The highest BCUT2D eigenvalue weighted by molar-refractivity contribution is 6.34. The molecule has 0 radical (unpaired) electrons. The minimum atomic E-state index is -1.16. The molecule has 0 spiro atoms. The number of nitrogens with one attached hydrogen (secondary N) is 1. The van der Waals surface area contributed by atoms with Gasteiger partial charge in [0.1, 0.15) is 6.04 Å². The molecule has 0 aromatic heterocycles. The summed E-state index contributed by atoms with van der Waals surface area (Å²) < 4.78 is 0. The first-order valence-electron chi connectivity index (χ1n) is 4.78. The van der Waals surface area contributed by atoms with Crippen LogP contribution < -0.4 is 5.32 Å². The number of hydrogen-bond acceptors (Lipinski definition) is 3. The first kappa shape index (κ1) is 13.3. The van der Waals surface area contributed by atoms with E-state index in [-0.39, 0.29) is 5.02 Å². The van der Waals surface area contributed by atoms with Gasteiger partial charge in [0.15, 0.2) is 0 Å². The normalized spacial score (nSPS) is 11.6. The van der Waals surface area contributed by atoms with Gasteiger partial charge in [0.25, 0.3) is 0 Å². The van der Waals surface area contributed by atoms with E-state index < -0.39 is 18.6 Å². The van der Waals surface area contributed by atoms with Gasteiger partial charge in [0, 0.05) is 5.69 Å². The van der Waals surface area contributed by atoms with Crippen LogP contribution in [0.1, 0.15) is 5.56 Å². The highest BCUT2D eigenvalue weighted by Gasteiger charge is 2.17. The second-order valence-corrected chi connectivity index (χ2v) is 3.78. The molecule has 1 atom stereocenters. The summed E-state index contributed by atoms with van der Waals surface area (Å²) in [5.41, 5.74) is 1.38. The predicted octanol–water partition coefficient (Wildman–Crippen LogP) is 2.06. The number of aliphatic hydroxyl groups is 1. The number of carbonyl (C=O) groups is 1. The Balaban J connectivity index is 3.05. The van der Waals surface area contributed by atoms with Crippen molar-refractivity contribution in [2.45, 2.75) is 13.0 Å². The third-order valence-corrected chi connectivity index (χ3v) is 2.77. The molecule has 90 valence electrons. The first-order valence-corrected chi connectivity index (χ1v) is 5.15. The zero-order valence-corrected chi connectivity index (χ0v) is 9.82. The number of hydrogen-bond donors (Lipinski definition) is 3. The molecule has 0 aliphatic heterocycles. The van der Waals surface area contributed by atoms with Crippen molar-refractivity contribution in [1.82, 2.24) is 0 Å². The van der Waals surface area contributed by atoms with E-state index in [2.05, 4.69) is 10.2 Å². The molecular formula is C11H11ClN2O3. The van der Waals surface area contributed by atoms with Crippen LogP contribution in [0.15, 0.2) is 12.1 Å². The van der Waals surface area contributed by atoms with Crippen LogP contribution in [-0.4, -0.2) is 28.8 Å². The van der Waals surface area contributed by atoms with Gasteiger partial charge in [0.05, 0.1) is 18.2 Å². The molecule has 6 heteroatoms. The maximum Gasteiger partial charge on any atom is 0.328 e. The molecule has 0 saturated heterocycles. The smallest absolute Gasteiger partial charge is 0.328 e. The van der Waals surface area contributed by atoms with E-state index in [0.29, 0.717) is 16.9 Å². The van der Waals surface area contributed by atoms with Gasteiger partial charge >= 0.3 is 5.97 Å². The van der Waals surface area contributed by atoms with Gasteiger partial charge in [-0.05, 0) is 18.6 Å². The van der Waals surface area contributed by atoms with Crippen molar-refractivity contribution >= 4 is 28.9 Å². The summed E-state index contributed by atoms with van der Waals surface area (Å²) in [5.74, 6) is -1.16. The van der Waals surface area contributed by atoms with Crippen LogP contribution >= 0.6 is 11.6 Å². The van der Waals surface area contributed by atoms with E-state index in [0.717, 1.165) is 0 Å². The molecule has 5 nitrogen and oxygen atoms in total. The number of carboxylic acids is 1. The Labute approximate surface area is 103 Å². The van der Waals surface area contributed by atoms with Gasteiger partial charge in [0.2, 0.25) is 5.69 Å². The number of aliphatic hydroxyl groups excluding tert-OH is 1. The quantitative estimate of drug-likeness (QED) is 0.719. The second kappa shape index (κ2) is 5.53. The lowest BCUT2D eigenvalue weighted by molar-refractivity contribution is -0.138. The Kier molecular flexibility index (Phi) is 4.32. The summed E-state index contributed by atoms with van der Waals surface area (Å²) in [7, 11) is 0. The van der Waals surface area contributed by atoms with Gasteiger partial charge in [-0.1, -0.05) is 17.7 Å². The Morgan fingerprint density at radius 2 is 2.29 bits per heavy atom. The number of carboxylic acid groups (broad SMARTS) is 1. The maximum atomic E-state index is 10.8. The lowest BCUT2D eigenvalue weighted by atomic mass is 10.1. The molecule has 3 N–H and O–H groups in total. The maximum absolute atomic E-state index is 10.8. The minimum absolute atomic E-state index is 0.284. The number of halogens is 1. The number of nitrogens with zero attached hydrogens (tertiary/aromatic N) is 1. The molecule has 1 aromatic carbocycles. The van der Waals surface area contributed by atoms with E-state index >= 15 is 0 Å². The summed E-state index contributed by atoms with van der Waals surface area (Å²) in [5, 5.41) is 20.6. The van der Waals surface area contributed by atoms with Crippen LogP contribution in [0.25, 0.3) is 4.85 Å². The van der Waals surface area contributed by atoms with Crippen LogP contribution in [0.2, 0.25) is 5.02 Å². The SMILES string of the molecule is [C-]#[N+]c1ccc(N[C@H](CO)C(=O)O)c(C)c1Cl. The van der Waals surface area contributed by atoms with Crippen LogP contribution in [0, 0.1) is 13.5 Å². The molecule has 0 saturated carbocycles. The molecule has 0 aliphatic rings. The summed E-state index contributed by atoms with van der Waals surface area (Å²) in [6, 6.07) is 1.98. The van der Waals surface area contributed by atoms with Crippen LogP contribution in [0.3, 0.4) is 0 Å². The van der Waals surface area contributed by atoms with Crippen molar-refractivity contribution in [1.29, 1.82) is 0 Å². The van der Waals surface area contributed by atoms with Crippen molar-refractivity contribution in [3.8, 4) is 0 Å². The lowest BCUT2D eigenvalue weighted by Gasteiger charge is -2.16. The minimum Gasteiger partial charge on any atom is -0.480 e. The second-order valence-electron chi connectivity index (χ2n) is 3.40. The van der Waals surface area contributed by atoms with Crippen LogP contribution in [0.5, 0.6) is 0 Å². The molecular weight excluding hydrogens is 244 g/mol. The Hall–Kier alpha value is -1.77. The van der Waals surface area contributed by atoms with E-state index in [4.69, 9.17) is 28.4 Å². The van der Waals surface area contributed by atoms with E-state index in [1.54, 1.807) is 13.0 Å². The first-order chi connectivity index (χ1) is 8.01. The van der Waals surface area contributed by atoms with Gasteiger partial charge in [-0.25, -0.2) is 9.64 Å². The third kappa shape index (κ3) is 2.87. The summed E-state index contributed by atoms with van der Waals surface area (Å²) in [6.45, 7) is 8.03. The number of anilines is 1. The molecule has 17 heavy (non-hydrogen) atoms. The fraction of sp³-hybridized carbons (Fsp3) is 0.273. The van der Waals surface area contributed by atoms with Gasteiger partial charge < -0.3 is 15.5 Å². The predicted molar refractivity (Wildman–Crippen MR) is 64.6 cm³/mol. The van der Waals surface area contributed by atoms with Crippen molar-refractivity contribution in [3.63, 3.8) is 0 Å². The fourth-order valence-corrected chi connectivity index (χ4v) is 1.49. The average molecular weight is 255 g/mol. The molecule has 0 bridgehead atoms. The largest absolute Gasteiger partial charge is 0.480 e. The summed E-state index contributed by atoms with van der Waals surface area (Å²) in [6.07, 6.45) is 0. The zero-order chi connectivity index (χ0) is 13.0. The highest BCUT2D eigenvalue weighted by Crippen LogP contribution is 2.33. The standard InChI is InChI=1S/C11H11ClN2O3/c1-6-7(14-9(5-15)11(16)17)3-4-8(13-2)10(6)12/h3-4,9,14-15H,5H2,1H3,(H,16,17)/t9-/m1/s1. The molecule has 0 fully saturated rings. The molecule has 1 aromatic rings.